The fraction of sp³-hybridized carbons (Fsp3) is 0.118. The molecular formula is C17H15N. The summed E-state index contributed by atoms with van der Waals surface area (Å²) in [5.41, 5.74) is 4.82. The number of hydrogen-bond donors (Lipinski definition) is 0. The van der Waals surface area contributed by atoms with Gasteiger partial charge in [-0.15, -0.1) is 0 Å². The number of nitrogens with zero attached hydrogens (tertiary/aromatic N) is 1. The van der Waals surface area contributed by atoms with Crippen molar-refractivity contribution in [2.75, 3.05) is 0 Å². The van der Waals surface area contributed by atoms with Crippen LogP contribution in [0.15, 0.2) is 60.8 Å². The number of benzene rings is 2. The summed E-state index contributed by atoms with van der Waals surface area (Å²) in [6, 6.07) is 19.1. The van der Waals surface area contributed by atoms with Crippen LogP contribution < -0.4 is 0 Å². The van der Waals surface area contributed by atoms with Crippen molar-refractivity contribution < 1.29 is 0 Å². The largest absolute Gasteiger partial charge is 0.256 e. The molecule has 0 bridgehead atoms. The Hall–Kier alpha value is -2.15. The molecule has 0 aliphatic heterocycles. The molecule has 18 heavy (non-hydrogen) atoms. The van der Waals surface area contributed by atoms with Gasteiger partial charge in [-0.05, 0) is 29.7 Å². The number of para-hydroxylation sites is 1. The fourth-order valence-electron chi connectivity index (χ4n) is 2.16. The third kappa shape index (κ3) is 2.00. The van der Waals surface area contributed by atoms with E-state index in [4.69, 9.17) is 0 Å². The predicted molar refractivity (Wildman–Crippen MR) is 76.6 cm³/mol. The molecule has 0 aliphatic rings. The summed E-state index contributed by atoms with van der Waals surface area (Å²) < 4.78 is 0. The molecule has 3 aromatic rings. The van der Waals surface area contributed by atoms with Gasteiger partial charge in [-0.3, -0.25) is 4.98 Å². The predicted octanol–water partition coefficient (Wildman–Crippen LogP) is 4.46. The first-order valence-corrected chi connectivity index (χ1v) is 6.31. The Morgan fingerprint density at radius 1 is 0.889 bits per heavy atom. The second kappa shape index (κ2) is 4.61. The van der Waals surface area contributed by atoms with Crippen LogP contribution in [0.4, 0.5) is 0 Å². The SMILES string of the molecule is CCc1ccc(-c2cnc3ccccc3c2)cc1. The van der Waals surface area contributed by atoms with E-state index in [0.717, 1.165) is 11.9 Å². The quantitative estimate of drug-likeness (QED) is 0.636. The van der Waals surface area contributed by atoms with Gasteiger partial charge in [0, 0.05) is 17.1 Å². The second-order valence-electron chi connectivity index (χ2n) is 4.47. The van der Waals surface area contributed by atoms with Crippen LogP contribution in [0.2, 0.25) is 0 Å². The van der Waals surface area contributed by atoms with Crippen LogP contribution in [-0.2, 0) is 6.42 Å². The van der Waals surface area contributed by atoms with E-state index < -0.39 is 0 Å². The van der Waals surface area contributed by atoms with Crippen LogP contribution in [0, 0.1) is 0 Å². The van der Waals surface area contributed by atoms with Gasteiger partial charge in [-0.2, -0.15) is 0 Å². The van der Waals surface area contributed by atoms with Gasteiger partial charge in [-0.25, -0.2) is 0 Å². The Balaban J connectivity index is 2.07. The molecular weight excluding hydrogens is 218 g/mol. The van der Waals surface area contributed by atoms with Crippen LogP contribution in [-0.4, -0.2) is 4.98 Å². The van der Waals surface area contributed by atoms with Gasteiger partial charge in [-0.1, -0.05) is 49.4 Å². The van der Waals surface area contributed by atoms with E-state index in [1.807, 2.05) is 24.4 Å². The molecule has 0 amide bonds. The Labute approximate surface area is 107 Å². The zero-order valence-corrected chi connectivity index (χ0v) is 10.4. The van der Waals surface area contributed by atoms with E-state index >= 15 is 0 Å². The zero-order chi connectivity index (χ0) is 12.4. The molecule has 88 valence electrons. The number of aryl methyl sites for hydroxylation is 1. The van der Waals surface area contributed by atoms with Crippen molar-refractivity contribution in [3.05, 3.63) is 66.4 Å². The molecule has 0 atom stereocenters. The number of hydrogen-bond acceptors (Lipinski definition) is 1. The molecule has 3 rings (SSSR count). The minimum atomic E-state index is 1.05. The Bertz CT molecular complexity index is 669. The highest BCUT2D eigenvalue weighted by atomic mass is 14.6. The van der Waals surface area contributed by atoms with Crippen molar-refractivity contribution in [3.63, 3.8) is 0 Å². The molecule has 0 aliphatic carbocycles. The maximum Gasteiger partial charge on any atom is 0.0702 e. The monoisotopic (exact) mass is 233 g/mol. The Morgan fingerprint density at radius 3 is 2.44 bits per heavy atom. The first kappa shape index (κ1) is 11.0. The summed E-state index contributed by atoms with van der Waals surface area (Å²) in [4.78, 5) is 4.50. The smallest absolute Gasteiger partial charge is 0.0702 e. The van der Waals surface area contributed by atoms with Gasteiger partial charge in [0.05, 0.1) is 5.52 Å². The molecule has 0 spiro atoms. The lowest BCUT2D eigenvalue weighted by Crippen LogP contribution is -1.84. The van der Waals surface area contributed by atoms with Crippen molar-refractivity contribution in [3.8, 4) is 11.1 Å². The summed E-state index contributed by atoms with van der Waals surface area (Å²) >= 11 is 0. The lowest BCUT2D eigenvalue weighted by atomic mass is 10.0. The van der Waals surface area contributed by atoms with E-state index in [1.54, 1.807) is 0 Å². The molecule has 0 saturated carbocycles. The first-order chi connectivity index (χ1) is 8.86. The normalized spacial score (nSPS) is 10.7. The van der Waals surface area contributed by atoms with Crippen LogP contribution in [0.1, 0.15) is 12.5 Å². The maximum absolute atomic E-state index is 4.50. The molecule has 1 aromatic heterocycles. The van der Waals surface area contributed by atoms with Crippen LogP contribution in [0.3, 0.4) is 0 Å². The van der Waals surface area contributed by atoms with E-state index in [9.17, 15) is 0 Å². The lowest BCUT2D eigenvalue weighted by molar-refractivity contribution is 1.14. The fourth-order valence-corrected chi connectivity index (χ4v) is 2.16. The van der Waals surface area contributed by atoms with Gasteiger partial charge >= 0.3 is 0 Å². The zero-order valence-electron chi connectivity index (χ0n) is 10.4. The molecule has 1 heteroatoms. The Kier molecular flexibility index (Phi) is 2.81. The maximum atomic E-state index is 4.50. The third-order valence-electron chi connectivity index (χ3n) is 3.29. The number of aromatic nitrogens is 1. The van der Waals surface area contributed by atoms with Gasteiger partial charge in [0.15, 0.2) is 0 Å². The average molecular weight is 233 g/mol. The molecule has 2 aromatic carbocycles. The van der Waals surface area contributed by atoms with Crippen molar-refractivity contribution >= 4 is 10.9 Å². The molecule has 1 heterocycles. The average Bonchev–Trinajstić information content (AvgIpc) is 2.47. The highest BCUT2D eigenvalue weighted by molar-refractivity contribution is 5.83. The highest BCUT2D eigenvalue weighted by Crippen LogP contribution is 2.23. The van der Waals surface area contributed by atoms with Gasteiger partial charge in [0.1, 0.15) is 0 Å². The molecule has 0 fully saturated rings. The number of fused-ring (bicyclic) bond motifs is 1. The summed E-state index contributed by atoms with van der Waals surface area (Å²) in [6.07, 6.45) is 3.03. The summed E-state index contributed by atoms with van der Waals surface area (Å²) in [7, 11) is 0. The van der Waals surface area contributed by atoms with Crippen LogP contribution >= 0.6 is 0 Å². The number of pyridine rings is 1. The van der Waals surface area contributed by atoms with Crippen molar-refractivity contribution in [1.29, 1.82) is 0 Å². The van der Waals surface area contributed by atoms with Crippen LogP contribution in [0.5, 0.6) is 0 Å². The lowest BCUT2D eigenvalue weighted by Gasteiger charge is -2.04. The van der Waals surface area contributed by atoms with E-state index in [1.165, 1.54) is 22.1 Å². The van der Waals surface area contributed by atoms with E-state index in [2.05, 4.69) is 48.3 Å². The summed E-state index contributed by atoms with van der Waals surface area (Å²) in [5, 5.41) is 1.19. The summed E-state index contributed by atoms with van der Waals surface area (Å²) in [6.45, 7) is 2.17. The number of rotatable bonds is 2. The summed E-state index contributed by atoms with van der Waals surface area (Å²) in [5.74, 6) is 0. The van der Waals surface area contributed by atoms with Crippen molar-refractivity contribution in [2.24, 2.45) is 0 Å². The molecule has 0 unspecified atom stereocenters. The first-order valence-electron chi connectivity index (χ1n) is 6.31. The standard InChI is InChI=1S/C17H15N/c1-2-13-7-9-14(10-8-13)16-11-15-5-3-4-6-17(15)18-12-16/h3-12H,2H2,1H3. The molecule has 0 radical (unpaired) electrons. The third-order valence-corrected chi connectivity index (χ3v) is 3.29. The van der Waals surface area contributed by atoms with Gasteiger partial charge < -0.3 is 0 Å². The molecule has 0 N–H and O–H groups in total. The van der Waals surface area contributed by atoms with Crippen molar-refractivity contribution in [2.45, 2.75) is 13.3 Å². The van der Waals surface area contributed by atoms with E-state index in [-0.39, 0.29) is 0 Å². The minimum absolute atomic E-state index is 1.05. The second-order valence-corrected chi connectivity index (χ2v) is 4.47. The molecule has 0 saturated heterocycles. The Morgan fingerprint density at radius 2 is 1.67 bits per heavy atom. The van der Waals surface area contributed by atoms with Crippen LogP contribution in [0.25, 0.3) is 22.0 Å². The molecule has 1 nitrogen and oxygen atoms in total. The van der Waals surface area contributed by atoms with Gasteiger partial charge in [0.2, 0.25) is 0 Å². The van der Waals surface area contributed by atoms with Crippen molar-refractivity contribution in [1.82, 2.24) is 4.98 Å². The highest BCUT2D eigenvalue weighted by Gasteiger charge is 2.00. The minimum Gasteiger partial charge on any atom is -0.256 e. The topological polar surface area (TPSA) is 12.9 Å². The van der Waals surface area contributed by atoms with E-state index in [0.29, 0.717) is 0 Å². The van der Waals surface area contributed by atoms with Gasteiger partial charge in [0.25, 0.3) is 0 Å².